The van der Waals surface area contributed by atoms with Crippen LogP contribution >= 0.6 is 11.8 Å². The second-order valence-corrected chi connectivity index (χ2v) is 5.64. The number of hydrogen-bond acceptors (Lipinski definition) is 7. The van der Waals surface area contributed by atoms with E-state index in [1.54, 1.807) is 7.05 Å². The van der Waals surface area contributed by atoms with E-state index in [2.05, 4.69) is 0 Å². The van der Waals surface area contributed by atoms with Crippen molar-refractivity contribution in [2.45, 2.75) is 0 Å². The molecule has 10 heteroatoms. The monoisotopic (exact) mass is 325 g/mol. The van der Waals surface area contributed by atoms with E-state index in [1.165, 1.54) is 22.7 Å². The van der Waals surface area contributed by atoms with Crippen molar-refractivity contribution in [3.63, 3.8) is 0 Å². The van der Waals surface area contributed by atoms with E-state index < -0.39 is 27.0 Å². The topological polar surface area (TPSA) is 127 Å². The summed E-state index contributed by atoms with van der Waals surface area (Å²) in [4.78, 5) is 33.7. The Morgan fingerprint density at radius 1 is 1.27 bits per heavy atom. The Kier molecular flexibility index (Phi) is 4.31. The molecule has 0 atom stereocenters. The van der Waals surface area contributed by atoms with Crippen LogP contribution in [0.2, 0.25) is 0 Å². The van der Waals surface area contributed by atoms with Gasteiger partial charge in [-0.3, -0.25) is 25.0 Å². The Morgan fingerprint density at radius 2 is 1.82 bits per heavy atom. The number of likely N-dealkylation sites (N-methyl/N-ethyl adjacent to an activating group) is 1. The first-order valence-corrected chi connectivity index (χ1v) is 7.05. The zero-order valence-corrected chi connectivity index (χ0v) is 12.2. The molecule has 0 aliphatic carbocycles. The van der Waals surface area contributed by atoms with Gasteiger partial charge < -0.3 is 10.0 Å². The number of aromatic hydroxyl groups is 1. The van der Waals surface area contributed by atoms with Crippen LogP contribution in [0.15, 0.2) is 17.0 Å². The summed E-state index contributed by atoms with van der Waals surface area (Å²) >= 11 is 1.27. The predicted molar refractivity (Wildman–Crippen MR) is 79.5 cm³/mol. The lowest BCUT2D eigenvalue weighted by molar-refractivity contribution is -0.396. The van der Waals surface area contributed by atoms with Crippen molar-refractivity contribution in [1.29, 1.82) is 0 Å². The number of carbonyl (C=O) groups excluding carboxylic acids is 1. The van der Waals surface area contributed by atoms with Gasteiger partial charge in [-0.2, -0.15) is 0 Å². The lowest BCUT2D eigenvalue weighted by Crippen LogP contribution is -2.33. The van der Waals surface area contributed by atoms with Gasteiger partial charge in [0.15, 0.2) is 0 Å². The molecular weight excluding hydrogens is 314 g/mol. The number of phenols is 1. The molecule has 22 heavy (non-hydrogen) atoms. The molecule has 1 aromatic carbocycles. The van der Waals surface area contributed by atoms with Crippen molar-refractivity contribution in [2.24, 2.45) is 0 Å². The SMILES string of the molecule is CN1CCSC(=Cc2cc([N+](=O)[O-])c(O)c([N+](=O)[O-])c2)C1=O. The molecule has 0 saturated carbocycles. The average molecular weight is 325 g/mol. The first-order chi connectivity index (χ1) is 10.3. The van der Waals surface area contributed by atoms with Crippen LogP contribution in [0.5, 0.6) is 5.75 Å². The molecule has 9 nitrogen and oxygen atoms in total. The molecule has 1 amide bonds. The molecule has 0 spiro atoms. The molecule has 0 aromatic heterocycles. The van der Waals surface area contributed by atoms with Crippen LogP contribution in [0, 0.1) is 20.2 Å². The van der Waals surface area contributed by atoms with Crippen molar-refractivity contribution in [3.8, 4) is 5.75 Å². The van der Waals surface area contributed by atoms with Crippen molar-refractivity contribution < 1.29 is 19.7 Å². The Balaban J connectivity index is 2.54. The number of phenolic OH excluding ortho intramolecular Hbond substituents is 1. The van der Waals surface area contributed by atoms with Gasteiger partial charge in [-0.1, -0.05) is 0 Å². The van der Waals surface area contributed by atoms with Gasteiger partial charge in [0.05, 0.1) is 14.8 Å². The smallest absolute Gasteiger partial charge is 0.318 e. The first-order valence-electron chi connectivity index (χ1n) is 6.07. The fourth-order valence-electron chi connectivity index (χ4n) is 1.89. The van der Waals surface area contributed by atoms with Crippen LogP contribution in [-0.2, 0) is 4.79 Å². The van der Waals surface area contributed by atoms with Crippen molar-refractivity contribution in [2.75, 3.05) is 19.3 Å². The minimum absolute atomic E-state index is 0.113. The van der Waals surface area contributed by atoms with E-state index in [-0.39, 0.29) is 11.5 Å². The van der Waals surface area contributed by atoms with Crippen molar-refractivity contribution in [3.05, 3.63) is 42.8 Å². The third kappa shape index (κ3) is 3.01. The third-order valence-electron chi connectivity index (χ3n) is 3.02. The van der Waals surface area contributed by atoms with Crippen LogP contribution in [0.4, 0.5) is 11.4 Å². The van der Waals surface area contributed by atoms with Crippen LogP contribution in [0.1, 0.15) is 5.56 Å². The number of nitrogens with zero attached hydrogens (tertiary/aromatic N) is 3. The summed E-state index contributed by atoms with van der Waals surface area (Å²) in [6.45, 7) is 0.580. The standard InChI is InChI=1S/C12H11N3O6S/c1-13-2-3-22-10(12(13)17)6-7-4-8(14(18)19)11(16)9(5-7)15(20)21/h4-6,16H,2-3H2,1H3. The van der Waals surface area contributed by atoms with Crippen LogP contribution < -0.4 is 0 Å². The van der Waals surface area contributed by atoms with E-state index in [0.29, 0.717) is 17.2 Å². The molecular formula is C12H11N3O6S. The normalized spacial score (nSPS) is 16.9. The molecule has 1 fully saturated rings. The number of nitro groups is 2. The molecule has 2 rings (SSSR count). The summed E-state index contributed by atoms with van der Waals surface area (Å²) in [5.74, 6) is -0.595. The van der Waals surface area contributed by atoms with Gasteiger partial charge in [0.25, 0.3) is 11.7 Å². The molecule has 1 aromatic rings. The van der Waals surface area contributed by atoms with Gasteiger partial charge in [0, 0.05) is 31.5 Å². The predicted octanol–water partition coefficient (Wildman–Crippen LogP) is 1.75. The number of hydrogen-bond donors (Lipinski definition) is 1. The van der Waals surface area contributed by atoms with E-state index in [1.807, 2.05) is 0 Å². The van der Waals surface area contributed by atoms with Gasteiger partial charge in [-0.15, -0.1) is 11.8 Å². The maximum Gasteiger partial charge on any atom is 0.318 e. The lowest BCUT2D eigenvalue weighted by atomic mass is 10.1. The lowest BCUT2D eigenvalue weighted by Gasteiger charge is -2.23. The van der Waals surface area contributed by atoms with Crippen molar-refractivity contribution >= 4 is 35.1 Å². The van der Waals surface area contributed by atoms with Gasteiger partial charge in [0.2, 0.25) is 0 Å². The quantitative estimate of drug-likeness (QED) is 0.509. The van der Waals surface area contributed by atoms with Gasteiger partial charge in [0.1, 0.15) is 0 Å². The van der Waals surface area contributed by atoms with Crippen LogP contribution in [0.25, 0.3) is 6.08 Å². The minimum Gasteiger partial charge on any atom is -0.497 e. The highest BCUT2D eigenvalue weighted by molar-refractivity contribution is 8.04. The van der Waals surface area contributed by atoms with Crippen LogP contribution in [-0.4, -0.2) is 45.1 Å². The summed E-state index contributed by atoms with van der Waals surface area (Å²) in [5.41, 5.74) is -1.44. The molecule has 0 bridgehead atoms. The summed E-state index contributed by atoms with van der Waals surface area (Å²) < 4.78 is 0. The molecule has 116 valence electrons. The zero-order chi connectivity index (χ0) is 16.4. The molecule has 1 saturated heterocycles. The third-order valence-corrected chi connectivity index (χ3v) is 4.02. The molecule has 0 radical (unpaired) electrons. The maximum absolute atomic E-state index is 12.0. The van der Waals surface area contributed by atoms with E-state index >= 15 is 0 Å². The van der Waals surface area contributed by atoms with Gasteiger partial charge >= 0.3 is 11.4 Å². The number of rotatable bonds is 3. The number of amides is 1. The number of benzene rings is 1. The van der Waals surface area contributed by atoms with E-state index in [9.17, 15) is 30.1 Å². The van der Waals surface area contributed by atoms with E-state index in [0.717, 1.165) is 12.1 Å². The second-order valence-electron chi connectivity index (χ2n) is 4.51. The van der Waals surface area contributed by atoms with E-state index in [4.69, 9.17) is 0 Å². The summed E-state index contributed by atoms with van der Waals surface area (Å²) in [6, 6.07) is 2.00. The second kappa shape index (κ2) is 6.02. The Bertz CT molecular complexity index is 667. The highest BCUT2D eigenvalue weighted by atomic mass is 32.2. The minimum atomic E-state index is -1.00. The summed E-state index contributed by atoms with van der Waals surface area (Å²) in [6.07, 6.45) is 1.35. The van der Waals surface area contributed by atoms with Crippen LogP contribution in [0.3, 0.4) is 0 Å². The summed E-state index contributed by atoms with van der Waals surface area (Å²) in [7, 11) is 1.62. The first kappa shape index (κ1) is 15.8. The molecule has 1 heterocycles. The van der Waals surface area contributed by atoms with Gasteiger partial charge in [-0.25, -0.2) is 0 Å². The summed E-state index contributed by atoms with van der Waals surface area (Å²) in [5, 5.41) is 31.3. The average Bonchev–Trinajstić information content (AvgIpc) is 2.44. The molecule has 1 aliphatic heterocycles. The fraction of sp³-hybridized carbons (Fsp3) is 0.250. The molecule has 1 N–H and O–H groups in total. The maximum atomic E-state index is 12.0. The number of nitro benzene ring substituents is 2. The highest BCUT2D eigenvalue weighted by Crippen LogP contribution is 2.38. The van der Waals surface area contributed by atoms with Gasteiger partial charge in [-0.05, 0) is 11.6 Å². The highest BCUT2D eigenvalue weighted by Gasteiger charge is 2.27. The Labute approximate surface area is 128 Å². The fourth-order valence-corrected chi connectivity index (χ4v) is 2.97. The largest absolute Gasteiger partial charge is 0.497 e. The Hall–Kier alpha value is -2.62. The zero-order valence-electron chi connectivity index (χ0n) is 11.4. The molecule has 1 aliphatic rings. The molecule has 0 unspecified atom stereocenters. The number of carbonyl (C=O) groups is 1. The van der Waals surface area contributed by atoms with Crippen molar-refractivity contribution in [1.82, 2.24) is 4.90 Å². The number of thioether (sulfide) groups is 1. The Morgan fingerprint density at radius 3 is 2.32 bits per heavy atom.